The molecule has 0 spiro atoms. The summed E-state index contributed by atoms with van der Waals surface area (Å²) in [5, 5.41) is 8.99. The van der Waals surface area contributed by atoms with E-state index in [1.165, 1.54) is 15.6 Å². The molecule has 0 aromatic carbocycles. The molecule has 0 aliphatic carbocycles. The van der Waals surface area contributed by atoms with E-state index < -0.39 is 10.0 Å². The van der Waals surface area contributed by atoms with Gasteiger partial charge in [0.05, 0.1) is 11.5 Å². The largest absolute Gasteiger partial charge is 0.391 e. The van der Waals surface area contributed by atoms with Crippen LogP contribution in [0.1, 0.15) is 23.6 Å². The number of aryl methyl sites for hydroxylation is 1. The molecular formula is C10H17NO3S2. The van der Waals surface area contributed by atoms with Crippen molar-refractivity contribution in [2.45, 2.75) is 38.3 Å². The van der Waals surface area contributed by atoms with Gasteiger partial charge in [-0.25, -0.2) is 8.42 Å². The lowest BCUT2D eigenvalue weighted by Gasteiger charge is -2.20. The Balaban J connectivity index is 3.22. The van der Waals surface area contributed by atoms with Crippen LogP contribution in [0, 0.1) is 6.92 Å². The van der Waals surface area contributed by atoms with Gasteiger partial charge in [0, 0.05) is 22.8 Å². The van der Waals surface area contributed by atoms with Crippen LogP contribution >= 0.6 is 11.3 Å². The van der Waals surface area contributed by atoms with E-state index in [-0.39, 0.29) is 12.6 Å². The number of rotatable bonds is 4. The number of sulfonamides is 1. The summed E-state index contributed by atoms with van der Waals surface area (Å²) in [6.45, 7) is 5.29. The molecule has 0 bridgehead atoms. The molecule has 0 aliphatic rings. The third kappa shape index (κ3) is 2.45. The zero-order valence-corrected chi connectivity index (χ0v) is 11.5. The van der Waals surface area contributed by atoms with Gasteiger partial charge in [-0.3, -0.25) is 0 Å². The highest BCUT2D eigenvalue weighted by molar-refractivity contribution is 7.89. The van der Waals surface area contributed by atoms with E-state index in [0.717, 1.165) is 4.88 Å². The van der Waals surface area contributed by atoms with Crippen LogP contribution in [0.2, 0.25) is 0 Å². The molecule has 1 N–H and O–H groups in total. The highest BCUT2D eigenvalue weighted by atomic mass is 32.2. The van der Waals surface area contributed by atoms with Crippen LogP contribution < -0.4 is 0 Å². The standard InChI is InChI=1S/C10H17NO3S2/c1-7(2)11(4)16(13,14)10-5-9(6-12)15-8(10)3/h5,7,12H,6H2,1-4H3. The molecule has 4 nitrogen and oxygen atoms in total. The molecule has 1 rings (SSSR count). The summed E-state index contributed by atoms with van der Waals surface area (Å²) in [6, 6.07) is 1.47. The van der Waals surface area contributed by atoms with E-state index in [4.69, 9.17) is 5.11 Å². The molecule has 16 heavy (non-hydrogen) atoms. The molecule has 0 saturated carbocycles. The van der Waals surface area contributed by atoms with Crippen molar-refractivity contribution in [2.24, 2.45) is 0 Å². The minimum absolute atomic E-state index is 0.0816. The number of hydrogen-bond donors (Lipinski definition) is 1. The zero-order chi connectivity index (χ0) is 12.5. The molecular weight excluding hydrogens is 246 g/mol. The van der Waals surface area contributed by atoms with E-state index in [2.05, 4.69) is 0 Å². The minimum Gasteiger partial charge on any atom is -0.391 e. The fourth-order valence-corrected chi connectivity index (χ4v) is 4.12. The number of thiophene rings is 1. The van der Waals surface area contributed by atoms with Crippen LogP contribution in [0.15, 0.2) is 11.0 Å². The van der Waals surface area contributed by atoms with Crippen molar-refractivity contribution in [1.82, 2.24) is 4.31 Å². The highest BCUT2D eigenvalue weighted by Crippen LogP contribution is 2.28. The summed E-state index contributed by atoms with van der Waals surface area (Å²) in [7, 11) is -1.86. The number of aliphatic hydroxyl groups is 1. The van der Waals surface area contributed by atoms with Gasteiger partial charge < -0.3 is 5.11 Å². The van der Waals surface area contributed by atoms with Crippen LogP contribution in [-0.4, -0.2) is 30.9 Å². The van der Waals surface area contributed by atoms with Crippen LogP contribution in [0.25, 0.3) is 0 Å². The van der Waals surface area contributed by atoms with Crippen molar-refractivity contribution in [3.05, 3.63) is 15.8 Å². The van der Waals surface area contributed by atoms with Crippen molar-refractivity contribution >= 4 is 21.4 Å². The first-order valence-corrected chi connectivity index (χ1v) is 7.24. The second-order valence-electron chi connectivity index (χ2n) is 3.91. The third-order valence-electron chi connectivity index (χ3n) is 2.46. The summed E-state index contributed by atoms with van der Waals surface area (Å²) in [6.07, 6.45) is 0. The Morgan fingerprint density at radius 3 is 2.44 bits per heavy atom. The lowest BCUT2D eigenvalue weighted by Crippen LogP contribution is -2.33. The van der Waals surface area contributed by atoms with Gasteiger partial charge in [0.15, 0.2) is 0 Å². The first-order chi connectivity index (χ1) is 7.30. The third-order valence-corrected chi connectivity index (χ3v) is 5.79. The average molecular weight is 263 g/mol. The summed E-state index contributed by atoms with van der Waals surface area (Å²) in [4.78, 5) is 1.70. The number of hydrogen-bond acceptors (Lipinski definition) is 4. The Bertz CT molecular complexity index is 462. The second kappa shape index (κ2) is 4.83. The van der Waals surface area contributed by atoms with Gasteiger partial charge >= 0.3 is 0 Å². The van der Waals surface area contributed by atoms with Crippen LogP contribution in [0.3, 0.4) is 0 Å². The van der Waals surface area contributed by atoms with Gasteiger partial charge in [0.25, 0.3) is 0 Å². The Morgan fingerprint density at radius 2 is 2.06 bits per heavy atom. The van der Waals surface area contributed by atoms with Crippen molar-refractivity contribution in [3.63, 3.8) is 0 Å². The predicted molar refractivity (Wildman–Crippen MR) is 65.1 cm³/mol. The van der Waals surface area contributed by atoms with E-state index in [1.54, 1.807) is 20.0 Å². The summed E-state index contributed by atoms with van der Waals surface area (Å²) in [5.41, 5.74) is 0. The summed E-state index contributed by atoms with van der Waals surface area (Å²) in [5.74, 6) is 0. The smallest absolute Gasteiger partial charge is 0.244 e. The van der Waals surface area contributed by atoms with Gasteiger partial charge in [0.2, 0.25) is 10.0 Å². The molecule has 0 radical (unpaired) electrons. The van der Waals surface area contributed by atoms with E-state index in [0.29, 0.717) is 9.77 Å². The van der Waals surface area contributed by atoms with E-state index >= 15 is 0 Å². The average Bonchev–Trinajstić information content (AvgIpc) is 2.58. The topological polar surface area (TPSA) is 57.6 Å². The second-order valence-corrected chi connectivity index (χ2v) is 7.21. The van der Waals surface area contributed by atoms with Crippen molar-refractivity contribution in [3.8, 4) is 0 Å². The Kier molecular flexibility index (Phi) is 4.12. The number of aliphatic hydroxyl groups excluding tert-OH is 1. The molecule has 0 atom stereocenters. The predicted octanol–water partition coefficient (Wildman–Crippen LogP) is 1.58. The molecule has 0 amide bonds. The van der Waals surface area contributed by atoms with E-state index in [9.17, 15) is 8.42 Å². The molecule has 0 saturated heterocycles. The van der Waals surface area contributed by atoms with Gasteiger partial charge in [-0.15, -0.1) is 11.3 Å². The maximum absolute atomic E-state index is 12.2. The van der Waals surface area contributed by atoms with Gasteiger partial charge in [0.1, 0.15) is 0 Å². The van der Waals surface area contributed by atoms with Gasteiger partial charge in [-0.1, -0.05) is 0 Å². The van der Waals surface area contributed by atoms with Crippen LogP contribution in [0.5, 0.6) is 0 Å². The molecule has 1 aromatic rings. The fourth-order valence-electron chi connectivity index (χ4n) is 1.29. The fraction of sp³-hybridized carbons (Fsp3) is 0.600. The monoisotopic (exact) mass is 263 g/mol. The van der Waals surface area contributed by atoms with Crippen molar-refractivity contribution in [1.29, 1.82) is 0 Å². The molecule has 1 aromatic heterocycles. The Hall–Kier alpha value is -0.430. The summed E-state index contributed by atoms with van der Waals surface area (Å²) >= 11 is 1.31. The maximum atomic E-state index is 12.2. The highest BCUT2D eigenvalue weighted by Gasteiger charge is 2.26. The lowest BCUT2D eigenvalue weighted by molar-refractivity contribution is 0.285. The first-order valence-electron chi connectivity index (χ1n) is 4.99. The quantitative estimate of drug-likeness (QED) is 0.897. The lowest BCUT2D eigenvalue weighted by atomic mass is 10.4. The van der Waals surface area contributed by atoms with Gasteiger partial charge in [-0.2, -0.15) is 4.31 Å². The Labute approximate surface area is 101 Å². The normalized spacial score (nSPS) is 12.7. The van der Waals surface area contributed by atoms with Crippen molar-refractivity contribution in [2.75, 3.05) is 7.05 Å². The molecule has 1 heterocycles. The first kappa shape index (κ1) is 13.6. The summed E-state index contributed by atoms with van der Waals surface area (Å²) < 4.78 is 25.7. The minimum atomic E-state index is -3.43. The van der Waals surface area contributed by atoms with Crippen molar-refractivity contribution < 1.29 is 13.5 Å². The molecule has 0 aliphatic heterocycles. The maximum Gasteiger partial charge on any atom is 0.244 e. The molecule has 92 valence electrons. The van der Waals surface area contributed by atoms with Gasteiger partial charge in [-0.05, 0) is 26.8 Å². The van der Waals surface area contributed by atoms with Crippen LogP contribution in [0.4, 0.5) is 0 Å². The van der Waals surface area contributed by atoms with E-state index in [1.807, 2.05) is 13.8 Å². The number of nitrogens with zero attached hydrogens (tertiary/aromatic N) is 1. The SMILES string of the molecule is Cc1sc(CO)cc1S(=O)(=O)N(C)C(C)C. The molecule has 0 unspecified atom stereocenters. The Morgan fingerprint density at radius 1 is 1.50 bits per heavy atom. The molecule has 6 heteroatoms. The van der Waals surface area contributed by atoms with Crippen LogP contribution in [-0.2, 0) is 16.6 Å². The zero-order valence-electron chi connectivity index (χ0n) is 9.89. The molecule has 0 fully saturated rings.